The van der Waals surface area contributed by atoms with Gasteiger partial charge in [-0.1, -0.05) is 89.6 Å². The van der Waals surface area contributed by atoms with Crippen LogP contribution in [-0.4, -0.2) is 49.9 Å². The molecule has 0 spiro atoms. The molecule has 0 fully saturated rings. The molecule has 0 saturated heterocycles. The number of aromatic nitrogens is 2. The van der Waals surface area contributed by atoms with Crippen LogP contribution >= 0.6 is 0 Å². The first-order chi connectivity index (χ1) is 23.7. The lowest BCUT2D eigenvalue weighted by atomic mass is 10.0. The first kappa shape index (κ1) is 33.0. The van der Waals surface area contributed by atoms with E-state index < -0.39 is 23.9 Å². The number of carbonyl (C=O) groups excluding carboxylic acids is 2. The molecule has 6 rings (SSSR count). The molecular weight excluding hydrogens is 623 g/mol. The summed E-state index contributed by atoms with van der Waals surface area (Å²) in [6.45, 7) is 1.83. The van der Waals surface area contributed by atoms with Crippen molar-refractivity contribution in [1.82, 2.24) is 15.0 Å². The number of rotatable bonds is 11. The van der Waals surface area contributed by atoms with Crippen LogP contribution < -0.4 is 5.32 Å². The van der Waals surface area contributed by atoms with E-state index in [2.05, 4.69) is 46.6 Å². The van der Waals surface area contributed by atoms with Gasteiger partial charge in [-0.25, -0.2) is 4.39 Å². The highest BCUT2D eigenvalue weighted by Crippen LogP contribution is 2.27. The van der Waals surface area contributed by atoms with Crippen LogP contribution in [-0.2, 0) is 17.8 Å². The van der Waals surface area contributed by atoms with Crippen LogP contribution in [0.2, 0.25) is 0 Å². The van der Waals surface area contributed by atoms with Gasteiger partial charge in [-0.2, -0.15) is 4.98 Å². The lowest BCUT2D eigenvalue weighted by Gasteiger charge is -2.24. The number of halogens is 1. The van der Waals surface area contributed by atoms with Gasteiger partial charge in [0.05, 0.1) is 13.0 Å². The number of aliphatic hydroxyl groups is 2. The van der Waals surface area contributed by atoms with E-state index in [-0.39, 0.29) is 30.6 Å². The molecule has 0 aliphatic rings. The van der Waals surface area contributed by atoms with Gasteiger partial charge >= 0.3 is 0 Å². The predicted octanol–water partition coefficient (Wildman–Crippen LogP) is 6.65. The average molecular weight is 657 g/mol. The molecule has 0 aliphatic carbocycles. The number of nitrogens with one attached hydrogen (secondary N) is 1. The highest BCUT2D eigenvalue weighted by molar-refractivity contribution is 5.96. The molecule has 0 atom stereocenters. The molecule has 0 saturated carbocycles. The fourth-order valence-corrected chi connectivity index (χ4v) is 5.30. The maximum absolute atomic E-state index is 13.9. The Kier molecular flexibility index (Phi) is 9.99. The van der Waals surface area contributed by atoms with Gasteiger partial charge in [0.2, 0.25) is 11.7 Å². The van der Waals surface area contributed by atoms with E-state index in [0.29, 0.717) is 23.0 Å². The second-order valence-corrected chi connectivity index (χ2v) is 11.6. The lowest BCUT2D eigenvalue weighted by molar-refractivity contribution is -0.115. The third-order valence-corrected chi connectivity index (χ3v) is 7.92. The molecule has 1 aromatic heterocycles. The minimum atomic E-state index is -1.75. The summed E-state index contributed by atoms with van der Waals surface area (Å²) in [6, 6.07) is 35.7. The summed E-state index contributed by atoms with van der Waals surface area (Å²) in [7, 11) is 0. The molecule has 0 bridgehead atoms. The van der Waals surface area contributed by atoms with Crippen LogP contribution in [0.3, 0.4) is 0 Å². The number of aliphatic hydroxyl groups excluding tert-OH is 1. The molecule has 246 valence electrons. The molecule has 49 heavy (non-hydrogen) atoms. The lowest BCUT2D eigenvalue weighted by Crippen LogP contribution is -2.37. The van der Waals surface area contributed by atoms with E-state index in [4.69, 9.17) is 4.52 Å². The Morgan fingerprint density at radius 3 is 2.06 bits per heavy atom. The molecule has 6 aromatic rings. The maximum atomic E-state index is 13.9. The van der Waals surface area contributed by atoms with Crippen molar-refractivity contribution >= 4 is 17.5 Å². The standard InChI is InChI=1S/C39H33FN4O5/c1-25-6-10-27(11-7-25)28-14-16-30(17-15-28)38-42-37(43-49-38)29-12-8-26(9-13-29)23-44(24-36(46)47)39(48)31-18-20-33(21-19-31)41-35(45)22-32-4-2-3-5-34(32)40/h2-21,36,46-47H,22-24H2,1H3,(H,41,45). The Bertz CT molecular complexity index is 2040. The fourth-order valence-electron chi connectivity index (χ4n) is 5.30. The van der Waals surface area contributed by atoms with Gasteiger partial charge in [0.25, 0.3) is 11.8 Å². The van der Waals surface area contributed by atoms with Crippen molar-refractivity contribution in [2.24, 2.45) is 0 Å². The summed E-state index contributed by atoms with van der Waals surface area (Å²) in [5.74, 6) is -0.498. The van der Waals surface area contributed by atoms with Crippen LogP contribution in [0.15, 0.2) is 126 Å². The zero-order valence-electron chi connectivity index (χ0n) is 26.6. The van der Waals surface area contributed by atoms with Crippen molar-refractivity contribution < 1.29 is 28.7 Å². The number of carbonyl (C=O) groups is 2. The summed E-state index contributed by atoms with van der Waals surface area (Å²) < 4.78 is 19.4. The van der Waals surface area contributed by atoms with Crippen molar-refractivity contribution in [1.29, 1.82) is 0 Å². The fraction of sp³-hybridized carbons (Fsp3) is 0.128. The normalized spacial score (nSPS) is 11.0. The van der Waals surface area contributed by atoms with Crippen molar-refractivity contribution in [3.05, 3.63) is 149 Å². The van der Waals surface area contributed by atoms with Crippen molar-refractivity contribution in [2.75, 3.05) is 11.9 Å². The van der Waals surface area contributed by atoms with Gasteiger partial charge in [-0.3, -0.25) is 9.59 Å². The largest absolute Gasteiger partial charge is 0.367 e. The van der Waals surface area contributed by atoms with Gasteiger partial charge in [0.15, 0.2) is 6.29 Å². The molecule has 5 aromatic carbocycles. The Morgan fingerprint density at radius 1 is 0.796 bits per heavy atom. The van der Waals surface area contributed by atoms with Crippen LogP contribution in [0.25, 0.3) is 34.0 Å². The average Bonchev–Trinajstić information content (AvgIpc) is 3.60. The third-order valence-electron chi connectivity index (χ3n) is 7.92. The first-order valence-electron chi connectivity index (χ1n) is 15.6. The quantitative estimate of drug-likeness (QED) is 0.133. The number of hydrogen-bond acceptors (Lipinski definition) is 7. The smallest absolute Gasteiger partial charge is 0.258 e. The Labute approximate surface area is 282 Å². The van der Waals surface area contributed by atoms with Gasteiger partial charge in [-0.15, -0.1) is 0 Å². The molecule has 2 amide bonds. The van der Waals surface area contributed by atoms with Gasteiger partial charge < -0.3 is 25.0 Å². The number of nitrogens with zero attached hydrogens (tertiary/aromatic N) is 3. The van der Waals surface area contributed by atoms with Gasteiger partial charge in [0, 0.05) is 28.9 Å². The van der Waals surface area contributed by atoms with Gasteiger partial charge in [-0.05, 0) is 71.6 Å². The number of amides is 2. The minimum absolute atomic E-state index is 0.0999. The summed E-state index contributed by atoms with van der Waals surface area (Å²) in [6.07, 6.45) is -1.88. The van der Waals surface area contributed by atoms with E-state index in [1.54, 1.807) is 54.6 Å². The van der Waals surface area contributed by atoms with Crippen LogP contribution in [0.1, 0.15) is 27.0 Å². The molecule has 3 N–H and O–H groups in total. The summed E-state index contributed by atoms with van der Waals surface area (Å²) in [5, 5.41) is 26.3. The predicted molar refractivity (Wildman–Crippen MR) is 183 cm³/mol. The number of hydrogen-bond donors (Lipinski definition) is 3. The van der Waals surface area contributed by atoms with E-state index in [1.165, 1.54) is 28.7 Å². The monoisotopic (exact) mass is 656 g/mol. The van der Waals surface area contributed by atoms with Crippen LogP contribution in [0, 0.1) is 12.7 Å². The van der Waals surface area contributed by atoms with Crippen molar-refractivity contribution in [2.45, 2.75) is 26.2 Å². The van der Waals surface area contributed by atoms with Crippen LogP contribution in [0.5, 0.6) is 0 Å². The highest BCUT2D eigenvalue weighted by Gasteiger charge is 2.20. The van der Waals surface area contributed by atoms with Crippen LogP contribution in [0.4, 0.5) is 10.1 Å². The Balaban J connectivity index is 1.09. The number of anilines is 1. The van der Waals surface area contributed by atoms with E-state index in [1.807, 2.05) is 24.3 Å². The molecule has 1 heterocycles. The highest BCUT2D eigenvalue weighted by atomic mass is 19.1. The molecule has 0 aliphatic heterocycles. The topological polar surface area (TPSA) is 129 Å². The zero-order chi connectivity index (χ0) is 34.3. The maximum Gasteiger partial charge on any atom is 0.258 e. The molecule has 0 radical (unpaired) electrons. The Morgan fingerprint density at radius 2 is 1.41 bits per heavy atom. The molecule has 10 heteroatoms. The first-order valence-corrected chi connectivity index (χ1v) is 15.6. The molecular formula is C39H33FN4O5. The summed E-state index contributed by atoms with van der Waals surface area (Å²) in [5.41, 5.74) is 6.65. The van der Waals surface area contributed by atoms with E-state index in [0.717, 1.165) is 22.3 Å². The second-order valence-electron chi connectivity index (χ2n) is 11.6. The summed E-state index contributed by atoms with van der Waals surface area (Å²) >= 11 is 0. The number of aryl methyl sites for hydroxylation is 1. The van der Waals surface area contributed by atoms with E-state index in [9.17, 15) is 24.2 Å². The molecule has 0 unspecified atom stereocenters. The second kappa shape index (κ2) is 14.8. The van der Waals surface area contributed by atoms with Crippen molar-refractivity contribution in [3.8, 4) is 34.0 Å². The molecule has 9 nitrogen and oxygen atoms in total. The Hall–Kier alpha value is -5.97. The van der Waals surface area contributed by atoms with Gasteiger partial charge in [0.1, 0.15) is 5.82 Å². The van der Waals surface area contributed by atoms with Crippen molar-refractivity contribution in [3.63, 3.8) is 0 Å². The summed E-state index contributed by atoms with van der Waals surface area (Å²) in [4.78, 5) is 31.7. The zero-order valence-corrected chi connectivity index (χ0v) is 26.6. The number of benzene rings is 5. The van der Waals surface area contributed by atoms with E-state index >= 15 is 0 Å². The minimum Gasteiger partial charge on any atom is -0.367 e. The SMILES string of the molecule is Cc1ccc(-c2ccc(-c3nc(-c4ccc(CN(CC(O)O)C(=O)c5ccc(NC(=O)Cc6ccccc6F)cc5)cc4)no3)cc2)cc1. The third kappa shape index (κ3) is 8.31.